The largest absolute Gasteiger partial charge is 0.478 e. The van der Waals surface area contributed by atoms with Crippen molar-refractivity contribution in [3.63, 3.8) is 0 Å². The summed E-state index contributed by atoms with van der Waals surface area (Å²) in [5, 5.41) is 13.1. The highest BCUT2D eigenvalue weighted by molar-refractivity contribution is 6.02. The summed E-state index contributed by atoms with van der Waals surface area (Å²) in [5.74, 6) is -0.163. The highest BCUT2D eigenvalue weighted by Crippen LogP contribution is 2.19. The number of nitrogens with zero attached hydrogens (tertiary/aromatic N) is 2. The molecule has 0 amide bonds. The van der Waals surface area contributed by atoms with Gasteiger partial charge in [-0.1, -0.05) is 6.07 Å². The van der Waals surface area contributed by atoms with E-state index in [1.54, 1.807) is 18.2 Å². The summed E-state index contributed by atoms with van der Waals surface area (Å²) in [5.41, 5.74) is 0.975. The summed E-state index contributed by atoms with van der Waals surface area (Å²) in [6.07, 6.45) is 0. The molecule has 1 aromatic heterocycles. The Labute approximate surface area is 124 Å². The van der Waals surface area contributed by atoms with Crippen LogP contribution in [0.4, 0.5) is 5.82 Å². The number of aromatic nitrogens is 1. The second-order valence-corrected chi connectivity index (χ2v) is 5.38. The van der Waals surface area contributed by atoms with E-state index in [2.05, 4.69) is 36.1 Å². The predicted octanol–water partition coefficient (Wildman–Crippen LogP) is 2.69. The monoisotopic (exact) mass is 287 g/mol. The maximum Gasteiger partial charge on any atom is 0.336 e. The minimum atomic E-state index is -0.929. The Morgan fingerprint density at radius 2 is 2.10 bits per heavy atom. The van der Waals surface area contributed by atoms with Gasteiger partial charge in [0.15, 0.2) is 0 Å². The fourth-order valence-corrected chi connectivity index (χ4v) is 2.06. The molecule has 0 saturated carbocycles. The van der Waals surface area contributed by atoms with Gasteiger partial charge in [-0.25, -0.2) is 9.78 Å². The van der Waals surface area contributed by atoms with E-state index < -0.39 is 5.97 Å². The van der Waals surface area contributed by atoms with Gasteiger partial charge in [0, 0.05) is 24.5 Å². The Hall–Kier alpha value is -2.14. The molecule has 1 heterocycles. The minimum Gasteiger partial charge on any atom is -0.478 e. The van der Waals surface area contributed by atoms with Gasteiger partial charge in [0.05, 0.1) is 11.1 Å². The summed E-state index contributed by atoms with van der Waals surface area (Å²) in [6.45, 7) is 6.03. The van der Waals surface area contributed by atoms with Crippen LogP contribution < -0.4 is 5.32 Å². The smallest absolute Gasteiger partial charge is 0.336 e. The zero-order valence-electron chi connectivity index (χ0n) is 12.6. The molecule has 5 nitrogen and oxygen atoms in total. The number of carboxylic acids is 1. The van der Waals surface area contributed by atoms with Crippen LogP contribution in [0.1, 0.15) is 24.2 Å². The first kappa shape index (κ1) is 15.3. The first-order valence-electron chi connectivity index (χ1n) is 7.06. The molecule has 2 rings (SSSR count). The fourth-order valence-electron chi connectivity index (χ4n) is 2.06. The lowest BCUT2D eigenvalue weighted by molar-refractivity contribution is 0.0699. The molecule has 0 unspecified atom stereocenters. The van der Waals surface area contributed by atoms with Crippen LogP contribution in [-0.2, 0) is 0 Å². The summed E-state index contributed by atoms with van der Waals surface area (Å²) < 4.78 is 0. The quantitative estimate of drug-likeness (QED) is 0.855. The van der Waals surface area contributed by atoms with Gasteiger partial charge in [0.1, 0.15) is 5.82 Å². The molecule has 0 bridgehead atoms. The van der Waals surface area contributed by atoms with Crippen molar-refractivity contribution in [1.82, 2.24) is 9.88 Å². The molecule has 0 saturated heterocycles. The molecule has 0 spiro atoms. The molecule has 0 radical (unpaired) electrons. The van der Waals surface area contributed by atoms with Crippen molar-refractivity contribution < 1.29 is 9.90 Å². The number of pyridine rings is 1. The van der Waals surface area contributed by atoms with Crippen molar-refractivity contribution in [3.05, 3.63) is 35.9 Å². The minimum absolute atomic E-state index is 0.283. The standard InChI is InChI=1S/C16H21N3O2/c1-11(2)19(3)10-9-17-15-8-7-12-13(16(20)21)5-4-6-14(12)18-15/h4-8,11H,9-10H2,1-3H3,(H,17,18)(H,20,21). The van der Waals surface area contributed by atoms with Gasteiger partial charge in [-0.3, -0.25) is 0 Å². The number of carbonyl (C=O) groups is 1. The van der Waals surface area contributed by atoms with Crippen molar-refractivity contribution in [2.45, 2.75) is 19.9 Å². The Morgan fingerprint density at radius 1 is 1.33 bits per heavy atom. The fraction of sp³-hybridized carbons (Fsp3) is 0.375. The van der Waals surface area contributed by atoms with Crippen molar-refractivity contribution in [2.24, 2.45) is 0 Å². The van der Waals surface area contributed by atoms with Crippen LogP contribution in [-0.4, -0.2) is 47.1 Å². The Bertz CT molecular complexity index is 640. The predicted molar refractivity (Wildman–Crippen MR) is 85.0 cm³/mol. The summed E-state index contributed by atoms with van der Waals surface area (Å²) in [4.78, 5) is 17.9. The number of hydrogen-bond donors (Lipinski definition) is 2. The number of likely N-dealkylation sites (N-methyl/N-ethyl adjacent to an activating group) is 1. The molecule has 1 aromatic carbocycles. The van der Waals surface area contributed by atoms with Gasteiger partial charge >= 0.3 is 5.97 Å². The van der Waals surface area contributed by atoms with E-state index in [9.17, 15) is 4.79 Å². The molecule has 21 heavy (non-hydrogen) atoms. The molecule has 0 fully saturated rings. The molecule has 0 aliphatic heterocycles. The van der Waals surface area contributed by atoms with E-state index in [1.807, 2.05) is 12.1 Å². The number of aromatic carboxylic acids is 1. The lowest BCUT2D eigenvalue weighted by Crippen LogP contribution is -2.31. The van der Waals surface area contributed by atoms with Gasteiger partial charge in [0.25, 0.3) is 0 Å². The second kappa shape index (κ2) is 6.54. The van der Waals surface area contributed by atoms with Crippen LogP contribution >= 0.6 is 0 Å². The number of carboxylic acid groups (broad SMARTS) is 1. The lowest BCUT2D eigenvalue weighted by atomic mass is 10.1. The first-order chi connectivity index (χ1) is 9.99. The zero-order chi connectivity index (χ0) is 15.4. The maximum absolute atomic E-state index is 11.2. The van der Waals surface area contributed by atoms with Crippen LogP contribution in [0, 0.1) is 0 Å². The van der Waals surface area contributed by atoms with Gasteiger partial charge in [-0.05, 0) is 45.2 Å². The number of fused-ring (bicyclic) bond motifs is 1. The molecular weight excluding hydrogens is 266 g/mol. The average Bonchev–Trinajstić information content (AvgIpc) is 2.46. The van der Waals surface area contributed by atoms with Crippen molar-refractivity contribution in [1.29, 1.82) is 0 Å². The van der Waals surface area contributed by atoms with E-state index in [1.165, 1.54) is 0 Å². The summed E-state index contributed by atoms with van der Waals surface area (Å²) in [7, 11) is 2.08. The van der Waals surface area contributed by atoms with Gasteiger partial charge < -0.3 is 15.3 Å². The van der Waals surface area contributed by atoms with Crippen molar-refractivity contribution in [3.8, 4) is 0 Å². The molecule has 2 N–H and O–H groups in total. The highest BCUT2D eigenvalue weighted by atomic mass is 16.4. The lowest BCUT2D eigenvalue weighted by Gasteiger charge is -2.21. The van der Waals surface area contributed by atoms with E-state index in [0.29, 0.717) is 16.9 Å². The topological polar surface area (TPSA) is 65.5 Å². The van der Waals surface area contributed by atoms with Crippen molar-refractivity contribution in [2.75, 3.05) is 25.5 Å². The van der Waals surface area contributed by atoms with Crippen LogP contribution in [0.2, 0.25) is 0 Å². The highest BCUT2D eigenvalue weighted by Gasteiger charge is 2.09. The van der Waals surface area contributed by atoms with Crippen LogP contribution in [0.3, 0.4) is 0 Å². The maximum atomic E-state index is 11.2. The second-order valence-electron chi connectivity index (χ2n) is 5.38. The van der Waals surface area contributed by atoms with Gasteiger partial charge in [-0.15, -0.1) is 0 Å². The van der Waals surface area contributed by atoms with Crippen LogP contribution in [0.15, 0.2) is 30.3 Å². The molecule has 2 aromatic rings. The third-order valence-corrected chi connectivity index (χ3v) is 3.61. The first-order valence-corrected chi connectivity index (χ1v) is 7.06. The Morgan fingerprint density at radius 3 is 2.76 bits per heavy atom. The van der Waals surface area contributed by atoms with E-state index in [0.717, 1.165) is 18.9 Å². The third-order valence-electron chi connectivity index (χ3n) is 3.61. The van der Waals surface area contributed by atoms with E-state index in [-0.39, 0.29) is 5.56 Å². The van der Waals surface area contributed by atoms with Gasteiger partial charge in [0.2, 0.25) is 0 Å². The van der Waals surface area contributed by atoms with Crippen molar-refractivity contribution >= 4 is 22.7 Å². The normalized spacial score (nSPS) is 11.3. The van der Waals surface area contributed by atoms with E-state index in [4.69, 9.17) is 5.11 Å². The van der Waals surface area contributed by atoms with E-state index >= 15 is 0 Å². The molecule has 0 aliphatic carbocycles. The number of anilines is 1. The number of rotatable bonds is 6. The number of benzene rings is 1. The molecular formula is C16H21N3O2. The van der Waals surface area contributed by atoms with Crippen LogP contribution in [0.5, 0.6) is 0 Å². The Kier molecular flexibility index (Phi) is 4.75. The van der Waals surface area contributed by atoms with Gasteiger partial charge in [-0.2, -0.15) is 0 Å². The SMILES string of the molecule is CC(C)N(C)CCNc1ccc2c(C(=O)O)cccc2n1. The zero-order valence-corrected chi connectivity index (χ0v) is 12.6. The third kappa shape index (κ3) is 3.70. The average molecular weight is 287 g/mol. The Balaban J connectivity index is 2.11. The number of nitrogens with one attached hydrogen (secondary N) is 1. The van der Waals surface area contributed by atoms with Crippen LogP contribution in [0.25, 0.3) is 10.9 Å². The molecule has 0 atom stereocenters. The molecule has 0 aliphatic rings. The molecule has 112 valence electrons. The molecule has 5 heteroatoms. The summed E-state index contributed by atoms with van der Waals surface area (Å²) in [6, 6.07) is 9.28. The summed E-state index contributed by atoms with van der Waals surface area (Å²) >= 11 is 0. The number of hydrogen-bond acceptors (Lipinski definition) is 4.